The Morgan fingerprint density at radius 3 is 2.32 bits per heavy atom. The Bertz CT molecular complexity index is 770. The van der Waals surface area contributed by atoms with Gasteiger partial charge in [0.1, 0.15) is 5.75 Å². The van der Waals surface area contributed by atoms with E-state index in [4.69, 9.17) is 4.74 Å². The molecule has 4 aliphatic rings. The van der Waals surface area contributed by atoms with Gasteiger partial charge in [0.05, 0.1) is 7.11 Å². The molecule has 0 aliphatic heterocycles. The second-order valence-corrected chi connectivity index (χ2v) is 9.43. The van der Waals surface area contributed by atoms with E-state index in [1.165, 1.54) is 48.8 Å². The Labute approximate surface area is 158 Å². The van der Waals surface area contributed by atoms with Crippen LogP contribution in [0.2, 0.25) is 0 Å². The quantitative estimate of drug-likeness (QED) is 0.560. The summed E-state index contributed by atoms with van der Waals surface area (Å²) in [5.74, 6) is 3.75. The normalized spacial score (nSPS) is 35.8. The zero-order valence-electron chi connectivity index (χ0n) is 14.7. The van der Waals surface area contributed by atoms with Crippen molar-refractivity contribution in [1.29, 1.82) is 0 Å². The van der Waals surface area contributed by atoms with E-state index in [0.29, 0.717) is 4.83 Å². The van der Waals surface area contributed by atoms with Crippen LogP contribution in [-0.2, 0) is 5.41 Å². The van der Waals surface area contributed by atoms with Crippen LogP contribution in [0.5, 0.6) is 5.75 Å². The highest BCUT2D eigenvalue weighted by molar-refractivity contribution is 9.09. The van der Waals surface area contributed by atoms with Crippen LogP contribution in [0.4, 0.5) is 0 Å². The van der Waals surface area contributed by atoms with Crippen LogP contribution in [0.3, 0.4) is 0 Å². The van der Waals surface area contributed by atoms with Gasteiger partial charge in [0.25, 0.3) is 0 Å². The fourth-order valence-corrected chi connectivity index (χ4v) is 7.31. The van der Waals surface area contributed by atoms with Crippen molar-refractivity contribution in [2.24, 2.45) is 17.8 Å². The molecule has 0 N–H and O–H groups in total. The van der Waals surface area contributed by atoms with E-state index in [2.05, 4.69) is 64.5 Å². The molecule has 2 heteroatoms. The Morgan fingerprint density at radius 1 is 0.920 bits per heavy atom. The van der Waals surface area contributed by atoms with Gasteiger partial charge in [0.2, 0.25) is 0 Å². The van der Waals surface area contributed by atoms with Crippen molar-refractivity contribution in [1.82, 2.24) is 0 Å². The van der Waals surface area contributed by atoms with Gasteiger partial charge in [-0.25, -0.2) is 0 Å². The smallest absolute Gasteiger partial charge is 0.122 e. The summed E-state index contributed by atoms with van der Waals surface area (Å²) >= 11 is 4.16. The van der Waals surface area contributed by atoms with E-state index in [1.807, 2.05) is 7.11 Å². The lowest BCUT2D eigenvalue weighted by Gasteiger charge is -2.60. The van der Waals surface area contributed by atoms with Crippen LogP contribution in [0, 0.1) is 17.8 Å². The van der Waals surface area contributed by atoms with E-state index >= 15 is 0 Å². The number of ether oxygens (including phenoxy) is 1. The van der Waals surface area contributed by atoms with Gasteiger partial charge >= 0.3 is 0 Å². The predicted octanol–water partition coefficient (Wildman–Crippen LogP) is 6.20. The maximum absolute atomic E-state index is 5.85. The first-order chi connectivity index (χ1) is 12.2. The summed E-state index contributed by atoms with van der Waals surface area (Å²) in [6.45, 7) is 0. The summed E-state index contributed by atoms with van der Waals surface area (Å²) < 4.78 is 5.85. The van der Waals surface area contributed by atoms with E-state index in [1.54, 1.807) is 0 Å². The van der Waals surface area contributed by atoms with Crippen LogP contribution < -0.4 is 4.74 Å². The molecule has 4 saturated carbocycles. The summed E-state index contributed by atoms with van der Waals surface area (Å²) in [6.07, 6.45) is 6.96. The molecule has 0 radical (unpaired) electrons. The first kappa shape index (κ1) is 15.9. The van der Waals surface area contributed by atoms with E-state index in [9.17, 15) is 0 Å². The number of hydrogen-bond acceptors (Lipinski definition) is 1. The maximum atomic E-state index is 5.85. The lowest BCUT2D eigenvalue weighted by atomic mass is 9.47. The summed E-state index contributed by atoms with van der Waals surface area (Å²) in [5.41, 5.74) is 4.30. The van der Waals surface area contributed by atoms with Crippen LogP contribution in [0.25, 0.3) is 11.1 Å². The molecular formula is C23H25BrO. The van der Waals surface area contributed by atoms with Gasteiger partial charge in [-0.1, -0.05) is 52.3 Å². The second-order valence-electron chi connectivity index (χ2n) is 8.45. The molecule has 2 aromatic carbocycles. The third-order valence-electron chi connectivity index (χ3n) is 7.03. The SMILES string of the molecule is COc1ccc(-c2ccccc2)cc1C12CC3CC(CC(C3)C1Br)C2. The fraction of sp³-hybridized carbons (Fsp3) is 0.478. The highest BCUT2D eigenvalue weighted by Gasteiger charge is 2.57. The molecule has 0 spiro atoms. The largest absolute Gasteiger partial charge is 0.496 e. The maximum Gasteiger partial charge on any atom is 0.122 e. The minimum atomic E-state index is 0.255. The molecule has 3 atom stereocenters. The molecule has 25 heavy (non-hydrogen) atoms. The molecule has 4 bridgehead atoms. The number of methoxy groups -OCH3 is 1. The molecule has 130 valence electrons. The van der Waals surface area contributed by atoms with Crippen LogP contribution in [0.15, 0.2) is 48.5 Å². The van der Waals surface area contributed by atoms with Gasteiger partial charge < -0.3 is 4.74 Å². The molecule has 6 rings (SSSR count). The van der Waals surface area contributed by atoms with Gasteiger partial charge in [-0.2, -0.15) is 0 Å². The summed E-state index contributed by atoms with van der Waals surface area (Å²) in [7, 11) is 1.82. The average molecular weight is 397 g/mol. The second kappa shape index (κ2) is 5.87. The Hall–Kier alpha value is -1.28. The van der Waals surface area contributed by atoms with E-state index < -0.39 is 0 Å². The van der Waals surface area contributed by atoms with E-state index in [-0.39, 0.29) is 5.41 Å². The molecule has 0 aromatic heterocycles. The number of halogens is 1. The zero-order chi connectivity index (χ0) is 17.0. The topological polar surface area (TPSA) is 9.23 Å². The lowest BCUT2D eigenvalue weighted by Crippen LogP contribution is -2.56. The number of alkyl halides is 1. The molecule has 2 aromatic rings. The molecule has 1 nitrogen and oxygen atoms in total. The minimum absolute atomic E-state index is 0.255. The van der Waals surface area contributed by atoms with E-state index in [0.717, 1.165) is 23.5 Å². The molecule has 0 heterocycles. The first-order valence-electron chi connectivity index (χ1n) is 9.57. The van der Waals surface area contributed by atoms with Gasteiger partial charge in [0, 0.05) is 15.8 Å². The third kappa shape index (κ3) is 2.40. The summed E-state index contributed by atoms with van der Waals surface area (Å²) in [4.78, 5) is 0.590. The van der Waals surface area contributed by atoms with Crippen molar-refractivity contribution in [3.63, 3.8) is 0 Å². The first-order valence-corrected chi connectivity index (χ1v) is 10.5. The summed E-state index contributed by atoms with van der Waals surface area (Å²) in [6, 6.07) is 17.6. The van der Waals surface area contributed by atoms with Gasteiger partial charge in [-0.05, 0) is 73.1 Å². The monoisotopic (exact) mass is 396 g/mol. The Kier molecular flexibility index (Phi) is 3.74. The highest BCUT2D eigenvalue weighted by Crippen LogP contribution is 2.64. The molecule has 3 unspecified atom stereocenters. The highest BCUT2D eigenvalue weighted by atomic mass is 79.9. The number of hydrogen-bond donors (Lipinski definition) is 0. The molecule has 0 saturated heterocycles. The predicted molar refractivity (Wildman–Crippen MR) is 106 cm³/mol. The van der Waals surface area contributed by atoms with Gasteiger partial charge in [0.15, 0.2) is 0 Å². The molecule has 0 amide bonds. The van der Waals surface area contributed by atoms with Crippen LogP contribution in [-0.4, -0.2) is 11.9 Å². The van der Waals surface area contributed by atoms with Crippen LogP contribution >= 0.6 is 15.9 Å². The van der Waals surface area contributed by atoms with Crippen molar-refractivity contribution >= 4 is 15.9 Å². The average Bonchev–Trinajstić information content (AvgIpc) is 2.65. The van der Waals surface area contributed by atoms with Crippen LogP contribution in [0.1, 0.15) is 37.7 Å². The lowest BCUT2D eigenvalue weighted by molar-refractivity contribution is 0.00316. The molecular weight excluding hydrogens is 372 g/mol. The standard InChI is InChI=1S/C23H25BrO/c1-25-21-8-7-18(17-5-3-2-4-6-17)12-20(21)23-13-15-9-16(14-23)11-19(10-15)22(23)24/h2-8,12,15-16,19,22H,9-11,13-14H2,1H3. The van der Waals surface area contributed by atoms with Crippen molar-refractivity contribution in [2.75, 3.05) is 7.11 Å². The van der Waals surface area contributed by atoms with Crippen molar-refractivity contribution < 1.29 is 4.74 Å². The number of rotatable bonds is 3. The Balaban J connectivity index is 1.65. The fourth-order valence-electron chi connectivity index (χ4n) is 6.25. The van der Waals surface area contributed by atoms with Crippen molar-refractivity contribution in [3.8, 4) is 16.9 Å². The van der Waals surface area contributed by atoms with Crippen molar-refractivity contribution in [2.45, 2.75) is 42.3 Å². The minimum Gasteiger partial charge on any atom is -0.496 e. The third-order valence-corrected chi connectivity index (χ3v) is 8.65. The zero-order valence-corrected chi connectivity index (χ0v) is 16.3. The molecule has 4 aliphatic carbocycles. The summed E-state index contributed by atoms with van der Waals surface area (Å²) in [5, 5.41) is 0. The van der Waals surface area contributed by atoms with Gasteiger partial charge in [-0.3, -0.25) is 0 Å². The Morgan fingerprint density at radius 2 is 1.64 bits per heavy atom. The molecule has 4 fully saturated rings. The number of benzene rings is 2. The van der Waals surface area contributed by atoms with Crippen molar-refractivity contribution in [3.05, 3.63) is 54.1 Å². The van der Waals surface area contributed by atoms with Gasteiger partial charge in [-0.15, -0.1) is 0 Å².